The summed E-state index contributed by atoms with van der Waals surface area (Å²) in [6, 6.07) is 10.0. The Balaban J connectivity index is 1.33. The Morgan fingerprint density at radius 3 is 2.33 bits per heavy atom. The van der Waals surface area contributed by atoms with Crippen LogP contribution in [-0.4, -0.2) is 41.2 Å². The van der Waals surface area contributed by atoms with Crippen molar-refractivity contribution >= 4 is 23.4 Å². The lowest BCUT2D eigenvalue weighted by Gasteiger charge is -2.39. The van der Waals surface area contributed by atoms with E-state index in [9.17, 15) is 4.79 Å². The Morgan fingerprint density at radius 2 is 1.57 bits per heavy atom. The lowest BCUT2D eigenvalue weighted by molar-refractivity contribution is -0.119. The number of hydrogen-bond acceptors (Lipinski definition) is 3. The highest BCUT2D eigenvalue weighted by Gasteiger charge is 2.38. The van der Waals surface area contributed by atoms with E-state index in [2.05, 4.69) is 47.9 Å². The molecule has 0 bridgehead atoms. The minimum Gasteiger partial charge on any atom is -0.310 e. The molecule has 4 heteroatoms. The van der Waals surface area contributed by atoms with Gasteiger partial charge in [-0.15, -0.1) is 11.8 Å². The first kappa shape index (κ1) is 22.2. The van der Waals surface area contributed by atoms with Crippen molar-refractivity contribution in [1.82, 2.24) is 4.90 Å². The van der Waals surface area contributed by atoms with Crippen molar-refractivity contribution in [2.24, 2.45) is 5.92 Å². The first-order chi connectivity index (χ1) is 14.6. The van der Waals surface area contributed by atoms with Crippen LogP contribution in [0.1, 0.15) is 84.5 Å². The Labute approximate surface area is 188 Å². The quantitative estimate of drug-likeness (QED) is 0.463. The van der Waals surface area contributed by atoms with Crippen LogP contribution in [-0.2, 0) is 4.79 Å². The molecule has 0 aromatic heterocycles. The molecule has 3 aliphatic rings. The van der Waals surface area contributed by atoms with Crippen LogP contribution in [0.25, 0.3) is 0 Å². The third-order valence-electron chi connectivity index (χ3n) is 7.67. The molecule has 1 aromatic carbocycles. The number of piperidine rings is 1. The van der Waals surface area contributed by atoms with E-state index >= 15 is 0 Å². The molecule has 3 unspecified atom stereocenters. The van der Waals surface area contributed by atoms with Gasteiger partial charge in [-0.1, -0.05) is 44.2 Å². The number of amides is 1. The Bertz CT molecular complexity index is 692. The summed E-state index contributed by atoms with van der Waals surface area (Å²) in [7, 11) is 0. The van der Waals surface area contributed by atoms with Crippen molar-refractivity contribution in [1.29, 1.82) is 0 Å². The van der Waals surface area contributed by atoms with E-state index in [0.29, 0.717) is 11.8 Å². The molecule has 0 radical (unpaired) electrons. The van der Waals surface area contributed by atoms with Crippen LogP contribution in [0.5, 0.6) is 0 Å². The molecule has 2 aliphatic heterocycles. The van der Waals surface area contributed by atoms with Gasteiger partial charge in [-0.25, -0.2) is 0 Å². The van der Waals surface area contributed by atoms with Gasteiger partial charge in [0.25, 0.3) is 0 Å². The standard InChI is InChI=1S/C26H40N2OS/c1-20-12-11-13-21(2)27(20)18-9-4-10-19-28-23-16-7-8-17-24(23)30-25(26(28)29)22-14-5-3-6-15-22/h7-8,16-17,20-22,25H,3-6,9-15,18-19H2,1-2H3. The summed E-state index contributed by atoms with van der Waals surface area (Å²) >= 11 is 1.84. The van der Waals surface area contributed by atoms with Gasteiger partial charge in [0, 0.05) is 23.5 Å². The van der Waals surface area contributed by atoms with Gasteiger partial charge in [0.2, 0.25) is 5.91 Å². The van der Waals surface area contributed by atoms with E-state index in [-0.39, 0.29) is 5.25 Å². The van der Waals surface area contributed by atoms with Crippen molar-refractivity contribution < 1.29 is 4.79 Å². The normalized spacial score (nSPS) is 28.5. The molecule has 30 heavy (non-hydrogen) atoms. The number of rotatable bonds is 7. The van der Waals surface area contributed by atoms with Crippen molar-refractivity contribution in [2.45, 2.75) is 107 Å². The molecular formula is C26H40N2OS. The minimum absolute atomic E-state index is 0.134. The number of unbranched alkanes of at least 4 members (excludes halogenated alkanes) is 2. The molecule has 4 rings (SSSR count). The van der Waals surface area contributed by atoms with Crippen LogP contribution >= 0.6 is 11.8 Å². The summed E-state index contributed by atoms with van der Waals surface area (Å²) in [5.74, 6) is 0.943. The first-order valence-electron chi connectivity index (χ1n) is 12.5. The third kappa shape index (κ3) is 5.07. The number of fused-ring (bicyclic) bond motifs is 1. The van der Waals surface area contributed by atoms with Gasteiger partial charge in [0.15, 0.2) is 0 Å². The minimum atomic E-state index is 0.134. The maximum atomic E-state index is 13.5. The summed E-state index contributed by atoms with van der Waals surface area (Å²) in [6.07, 6.45) is 14.0. The van der Waals surface area contributed by atoms with Gasteiger partial charge >= 0.3 is 0 Å². The molecule has 2 heterocycles. The zero-order chi connectivity index (χ0) is 20.9. The number of anilines is 1. The number of benzene rings is 1. The molecule has 0 spiro atoms. The third-order valence-corrected chi connectivity index (χ3v) is 9.11. The smallest absolute Gasteiger partial charge is 0.240 e. The SMILES string of the molecule is CC1CCCC(C)N1CCCCCN1C(=O)C(C2CCCCC2)Sc2ccccc21. The highest BCUT2D eigenvalue weighted by Crippen LogP contribution is 2.45. The highest BCUT2D eigenvalue weighted by molar-refractivity contribution is 8.01. The molecule has 2 fully saturated rings. The van der Waals surface area contributed by atoms with Crippen molar-refractivity contribution in [3.63, 3.8) is 0 Å². The molecule has 3 atom stereocenters. The van der Waals surface area contributed by atoms with Gasteiger partial charge in [0.1, 0.15) is 0 Å². The van der Waals surface area contributed by atoms with Crippen LogP contribution in [0, 0.1) is 5.92 Å². The average molecular weight is 429 g/mol. The summed E-state index contributed by atoms with van der Waals surface area (Å²) < 4.78 is 0. The number of carbonyl (C=O) groups excluding carboxylic acids is 1. The summed E-state index contributed by atoms with van der Waals surface area (Å²) in [5.41, 5.74) is 1.15. The van der Waals surface area contributed by atoms with Crippen LogP contribution in [0.2, 0.25) is 0 Å². The molecule has 3 nitrogen and oxygen atoms in total. The Morgan fingerprint density at radius 1 is 0.867 bits per heavy atom. The van der Waals surface area contributed by atoms with E-state index < -0.39 is 0 Å². The van der Waals surface area contributed by atoms with Crippen LogP contribution in [0.4, 0.5) is 5.69 Å². The second-order valence-electron chi connectivity index (χ2n) is 9.82. The second kappa shape index (κ2) is 10.5. The van der Waals surface area contributed by atoms with E-state index in [0.717, 1.165) is 30.7 Å². The maximum Gasteiger partial charge on any atom is 0.240 e. The second-order valence-corrected chi connectivity index (χ2v) is 11.0. The van der Waals surface area contributed by atoms with Crippen molar-refractivity contribution in [2.75, 3.05) is 18.0 Å². The zero-order valence-electron chi connectivity index (χ0n) is 19.0. The average Bonchev–Trinajstić information content (AvgIpc) is 2.77. The molecule has 1 aliphatic carbocycles. The molecule has 1 aromatic rings. The zero-order valence-corrected chi connectivity index (χ0v) is 19.8. The van der Waals surface area contributed by atoms with E-state index in [1.807, 2.05) is 11.8 Å². The van der Waals surface area contributed by atoms with Gasteiger partial charge in [0.05, 0.1) is 10.9 Å². The van der Waals surface area contributed by atoms with E-state index in [1.54, 1.807) is 0 Å². The first-order valence-corrected chi connectivity index (χ1v) is 13.4. The maximum absolute atomic E-state index is 13.5. The van der Waals surface area contributed by atoms with Crippen LogP contribution < -0.4 is 4.90 Å². The van der Waals surface area contributed by atoms with E-state index in [4.69, 9.17) is 0 Å². The number of para-hydroxylation sites is 1. The van der Waals surface area contributed by atoms with Crippen molar-refractivity contribution in [3.8, 4) is 0 Å². The van der Waals surface area contributed by atoms with Gasteiger partial charge in [-0.2, -0.15) is 0 Å². The summed E-state index contributed by atoms with van der Waals surface area (Å²) in [5, 5.41) is 0.134. The molecule has 1 amide bonds. The van der Waals surface area contributed by atoms with Gasteiger partial charge < -0.3 is 4.90 Å². The predicted octanol–water partition coefficient (Wildman–Crippen LogP) is 6.51. The summed E-state index contributed by atoms with van der Waals surface area (Å²) in [4.78, 5) is 19.6. The Hall–Kier alpha value is -1.00. The van der Waals surface area contributed by atoms with Crippen LogP contribution in [0.3, 0.4) is 0 Å². The molecule has 1 saturated heterocycles. The number of likely N-dealkylation sites (tertiary alicyclic amines) is 1. The van der Waals surface area contributed by atoms with Crippen LogP contribution in [0.15, 0.2) is 29.2 Å². The Kier molecular flexibility index (Phi) is 7.80. The number of thioether (sulfide) groups is 1. The van der Waals surface area contributed by atoms with Gasteiger partial charge in [-0.05, 0) is 77.0 Å². The number of nitrogens with zero attached hydrogens (tertiary/aromatic N) is 2. The van der Waals surface area contributed by atoms with Crippen molar-refractivity contribution in [3.05, 3.63) is 24.3 Å². The fraction of sp³-hybridized carbons (Fsp3) is 0.731. The molecular weight excluding hydrogens is 388 g/mol. The predicted molar refractivity (Wildman–Crippen MR) is 128 cm³/mol. The number of carbonyl (C=O) groups is 1. The largest absolute Gasteiger partial charge is 0.310 e. The monoisotopic (exact) mass is 428 g/mol. The molecule has 166 valence electrons. The lowest BCUT2D eigenvalue weighted by atomic mass is 9.86. The molecule has 1 saturated carbocycles. The fourth-order valence-electron chi connectivity index (χ4n) is 5.86. The molecule has 0 N–H and O–H groups in total. The summed E-state index contributed by atoms with van der Waals surface area (Å²) in [6.45, 7) is 6.88. The van der Waals surface area contributed by atoms with E-state index in [1.165, 1.54) is 75.6 Å². The topological polar surface area (TPSA) is 23.6 Å². The highest BCUT2D eigenvalue weighted by atomic mass is 32.2. The lowest BCUT2D eigenvalue weighted by Crippen LogP contribution is -2.45. The van der Waals surface area contributed by atoms with Gasteiger partial charge in [-0.3, -0.25) is 9.69 Å². The fourth-order valence-corrected chi connectivity index (χ4v) is 7.28. The number of hydrogen-bond donors (Lipinski definition) is 0.